The summed E-state index contributed by atoms with van der Waals surface area (Å²) in [5.74, 6) is -1.02. The van der Waals surface area contributed by atoms with Crippen molar-refractivity contribution in [2.24, 2.45) is 0 Å². The number of halogens is 3. The van der Waals surface area contributed by atoms with Crippen LogP contribution in [0.4, 0.5) is 13.2 Å². The fourth-order valence-corrected chi connectivity index (χ4v) is 5.31. The molecule has 3 heterocycles. The van der Waals surface area contributed by atoms with Crippen LogP contribution in [0.5, 0.6) is 17.2 Å². The molecular formula is C19H22F3NO8. The van der Waals surface area contributed by atoms with E-state index < -0.39 is 35.5 Å². The van der Waals surface area contributed by atoms with E-state index in [1.165, 1.54) is 0 Å². The minimum atomic E-state index is -5.08. The summed E-state index contributed by atoms with van der Waals surface area (Å²) in [6.45, 7) is 1.31. The van der Waals surface area contributed by atoms with Gasteiger partial charge in [0.15, 0.2) is 11.5 Å². The van der Waals surface area contributed by atoms with Gasteiger partial charge in [-0.1, -0.05) is 0 Å². The van der Waals surface area contributed by atoms with Gasteiger partial charge in [-0.25, -0.2) is 4.79 Å². The zero-order chi connectivity index (χ0) is 22.8. The third-order valence-corrected chi connectivity index (χ3v) is 6.67. The number of fused-ring (bicyclic) bond motifs is 2. The van der Waals surface area contributed by atoms with Crippen molar-refractivity contribution in [1.82, 2.24) is 4.90 Å². The predicted molar refractivity (Wildman–Crippen MR) is 95.7 cm³/mol. The monoisotopic (exact) mass is 449 g/mol. The molecule has 1 saturated carbocycles. The van der Waals surface area contributed by atoms with Crippen molar-refractivity contribution in [3.8, 4) is 17.2 Å². The summed E-state index contributed by atoms with van der Waals surface area (Å²) in [4.78, 5) is 10.9. The Morgan fingerprint density at radius 1 is 1.29 bits per heavy atom. The van der Waals surface area contributed by atoms with E-state index in [9.17, 15) is 28.5 Å². The standard InChI is InChI=1S/C17H21NO6.C2HF3O2/c1-22-13-9-7-18-5-4-16(10(9)6-12-14(13)24-8-23-12)15(20)11(19)2-3-17(16,18)21;3-2(4,5)1(6)7/h6,11,15,19-21H,2-5,7-8H2,1H3;(H,6,7)/t11-,15-,16+,17-;/m0./s1. The number of rotatable bonds is 1. The molecular weight excluding hydrogens is 427 g/mol. The van der Waals surface area contributed by atoms with E-state index in [0.29, 0.717) is 49.6 Å². The lowest BCUT2D eigenvalue weighted by molar-refractivity contribution is -0.214. The topological polar surface area (TPSA) is 129 Å². The molecule has 5 rings (SSSR count). The molecule has 9 nitrogen and oxygen atoms in total. The summed E-state index contributed by atoms with van der Waals surface area (Å²) in [5, 5.41) is 39.8. The van der Waals surface area contributed by atoms with E-state index >= 15 is 0 Å². The summed E-state index contributed by atoms with van der Waals surface area (Å²) in [5.41, 5.74) is -0.382. The first kappa shape index (κ1) is 21.9. The number of benzene rings is 1. The number of alkyl halides is 3. The molecule has 172 valence electrons. The second-order valence-electron chi connectivity index (χ2n) is 7.98. The molecule has 0 aromatic heterocycles. The molecule has 4 N–H and O–H groups in total. The molecule has 4 aliphatic rings. The number of ether oxygens (including phenoxy) is 3. The molecule has 2 fully saturated rings. The molecule has 3 aliphatic heterocycles. The van der Waals surface area contributed by atoms with E-state index in [4.69, 9.17) is 24.1 Å². The molecule has 31 heavy (non-hydrogen) atoms. The number of carbonyl (C=O) groups is 1. The number of hydrogen-bond acceptors (Lipinski definition) is 8. The fraction of sp³-hybridized carbons (Fsp3) is 0.632. The van der Waals surface area contributed by atoms with Crippen LogP contribution in [0.2, 0.25) is 0 Å². The first-order valence-electron chi connectivity index (χ1n) is 9.61. The zero-order valence-electron chi connectivity index (χ0n) is 16.5. The highest BCUT2D eigenvalue weighted by molar-refractivity contribution is 5.73. The lowest BCUT2D eigenvalue weighted by Crippen LogP contribution is -2.68. The van der Waals surface area contributed by atoms with Crippen molar-refractivity contribution in [1.29, 1.82) is 0 Å². The summed E-state index contributed by atoms with van der Waals surface area (Å²) < 4.78 is 48.4. The van der Waals surface area contributed by atoms with Crippen LogP contribution < -0.4 is 14.2 Å². The van der Waals surface area contributed by atoms with Crippen molar-refractivity contribution >= 4 is 5.97 Å². The molecule has 1 unspecified atom stereocenters. The molecule has 1 aromatic rings. The number of hydrogen-bond donors (Lipinski definition) is 4. The average Bonchev–Trinajstić information content (AvgIpc) is 3.23. The number of nitrogens with zero attached hydrogens (tertiary/aromatic N) is 1. The molecule has 5 atom stereocenters. The Morgan fingerprint density at radius 3 is 2.58 bits per heavy atom. The minimum absolute atomic E-state index is 0.126. The second-order valence-corrected chi connectivity index (χ2v) is 7.98. The predicted octanol–water partition coefficient (Wildman–Crippen LogP) is 0.718. The molecule has 1 aliphatic carbocycles. The van der Waals surface area contributed by atoms with Gasteiger partial charge in [0.25, 0.3) is 0 Å². The number of carboxylic acids is 1. The zero-order valence-corrected chi connectivity index (χ0v) is 16.5. The van der Waals surface area contributed by atoms with Crippen LogP contribution in [-0.4, -0.2) is 75.9 Å². The van der Waals surface area contributed by atoms with Crippen molar-refractivity contribution in [3.63, 3.8) is 0 Å². The van der Waals surface area contributed by atoms with E-state index in [-0.39, 0.29) is 6.79 Å². The molecule has 2 bridgehead atoms. The number of carboxylic acid groups (broad SMARTS) is 1. The minimum Gasteiger partial charge on any atom is -0.492 e. The molecule has 1 aromatic carbocycles. The summed E-state index contributed by atoms with van der Waals surface area (Å²) >= 11 is 0. The average molecular weight is 449 g/mol. The third kappa shape index (κ3) is 2.96. The van der Waals surface area contributed by atoms with Crippen LogP contribution in [0.1, 0.15) is 30.4 Å². The van der Waals surface area contributed by atoms with E-state index in [2.05, 4.69) is 0 Å². The van der Waals surface area contributed by atoms with Gasteiger partial charge >= 0.3 is 12.1 Å². The van der Waals surface area contributed by atoms with Crippen LogP contribution in [-0.2, 0) is 16.8 Å². The molecule has 0 amide bonds. The maximum Gasteiger partial charge on any atom is 0.490 e. The Morgan fingerprint density at radius 2 is 1.97 bits per heavy atom. The van der Waals surface area contributed by atoms with Crippen molar-refractivity contribution in [2.75, 3.05) is 20.4 Å². The fourth-order valence-electron chi connectivity index (χ4n) is 5.31. The number of aliphatic carboxylic acids is 1. The van der Waals surface area contributed by atoms with E-state index in [1.54, 1.807) is 7.11 Å². The van der Waals surface area contributed by atoms with Crippen molar-refractivity contribution in [2.45, 2.75) is 55.3 Å². The van der Waals surface area contributed by atoms with Gasteiger partial charge in [-0.2, -0.15) is 13.2 Å². The van der Waals surface area contributed by atoms with Crippen LogP contribution in [0.25, 0.3) is 0 Å². The van der Waals surface area contributed by atoms with Crippen molar-refractivity contribution < 1.29 is 52.6 Å². The highest BCUT2D eigenvalue weighted by atomic mass is 19.4. The maximum absolute atomic E-state index is 11.5. The molecule has 0 spiro atoms. The third-order valence-electron chi connectivity index (χ3n) is 6.67. The SMILES string of the molecule is COc1c2c(cc3c1OCO3)[C@@]13CCN(C2)[C@]1(O)CC[C@H](O)[C@@H]3O.O=C(O)C(F)(F)F. The van der Waals surface area contributed by atoms with Gasteiger partial charge in [-0.15, -0.1) is 0 Å². The Balaban J connectivity index is 0.000000289. The van der Waals surface area contributed by atoms with Gasteiger partial charge in [-0.3, -0.25) is 4.90 Å². The second kappa shape index (κ2) is 7.12. The van der Waals surface area contributed by atoms with Crippen LogP contribution >= 0.6 is 0 Å². The van der Waals surface area contributed by atoms with Gasteiger partial charge < -0.3 is 34.6 Å². The first-order chi connectivity index (χ1) is 14.5. The van der Waals surface area contributed by atoms with E-state index in [1.807, 2.05) is 11.0 Å². The largest absolute Gasteiger partial charge is 0.492 e. The smallest absolute Gasteiger partial charge is 0.490 e. The molecule has 0 radical (unpaired) electrons. The van der Waals surface area contributed by atoms with Crippen LogP contribution in [0.3, 0.4) is 0 Å². The molecule has 12 heteroatoms. The Labute approximate surface area is 174 Å². The lowest BCUT2D eigenvalue weighted by Gasteiger charge is -2.56. The summed E-state index contributed by atoms with van der Waals surface area (Å²) in [6, 6.07) is 1.86. The maximum atomic E-state index is 11.5. The lowest BCUT2D eigenvalue weighted by atomic mass is 9.59. The van der Waals surface area contributed by atoms with Gasteiger partial charge in [0.2, 0.25) is 12.5 Å². The van der Waals surface area contributed by atoms with Gasteiger partial charge in [0.05, 0.1) is 24.7 Å². The van der Waals surface area contributed by atoms with Gasteiger partial charge in [0, 0.05) is 18.7 Å². The summed E-state index contributed by atoms with van der Waals surface area (Å²) in [7, 11) is 1.58. The Bertz CT molecular complexity index is 909. The highest BCUT2D eigenvalue weighted by Crippen LogP contribution is 2.62. The number of aliphatic hydroxyl groups excluding tert-OH is 2. The van der Waals surface area contributed by atoms with Crippen molar-refractivity contribution in [3.05, 3.63) is 17.2 Å². The summed E-state index contributed by atoms with van der Waals surface area (Å²) in [6.07, 6.45) is -5.58. The number of aliphatic hydroxyl groups is 3. The van der Waals surface area contributed by atoms with Gasteiger partial charge in [-0.05, 0) is 30.9 Å². The quantitative estimate of drug-likeness (QED) is 0.490. The molecule has 1 saturated heterocycles. The first-order valence-corrected chi connectivity index (χ1v) is 9.61. The van der Waals surface area contributed by atoms with E-state index in [0.717, 1.165) is 11.1 Å². The van der Waals surface area contributed by atoms with Crippen LogP contribution in [0.15, 0.2) is 6.07 Å². The number of methoxy groups -OCH3 is 1. The van der Waals surface area contributed by atoms with Gasteiger partial charge in [0.1, 0.15) is 5.72 Å². The highest BCUT2D eigenvalue weighted by Gasteiger charge is 2.69. The Kier molecular flexibility index (Phi) is 5.04. The normalized spacial score (nSPS) is 34.9. The van der Waals surface area contributed by atoms with Crippen LogP contribution in [0, 0.1) is 0 Å². The Hall–Kier alpha value is -2.28.